The molecule has 3 aliphatic rings. The lowest BCUT2D eigenvalue weighted by atomic mass is 9.64. The van der Waals surface area contributed by atoms with Crippen molar-refractivity contribution in [2.75, 3.05) is 31.7 Å². The molecule has 0 spiro atoms. The number of carbonyl (C=O) groups excluding carboxylic acids is 1. The number of hydrogen-bond acceptors (Lipinski definition) is 7. The predicted octanol–water partition coefficient (Wildman–Crippen LogP) is 5.15. The highest BCUT2D eigenvalue weighted by Gasteiger charge is 2.54. The van der Waals surface area contributed by atoms with Gasteiger partial charge in [-0.05, 0) is 95.1 Å². The summed E-state index contributed by atoms with van der Waals surface area (Å²) in [6.45, 7) is 4.35. The number of nitrogens with one attached hydrogen (secondary N) is 2. The lowest BCUT2D eigenvalue weighted by Gasteiger charge is -2.54. The third-order valence-corrected chi connectivity index (χ3v) is 10.3. The smallest absolute Gasteiger partial charge is 0.265 e. The Morgan fingerprint density at radius 1 is 1.26 bits per heavy atom. The van der Waals surface area contributed by atoms with Gasteiger partial charge in [0.15, 0.2) is 0 Å². The summed E-state index contributed by atoms with van der Waals surface area (Å²) >= 11 is 7.85. The summed E-state index contributed by atoms with van der Waals surface area (Å²) < 4.78 is 62.5. The van der Waals surface area contributed by atoms with Crippen molar-refractivity contribution in [3.8, 4) is 0 Å². The molecule has 2 aromatic rings. The maximum atomic E-state index is 15.3. The molecule has 2 aromatic carbocycles. The average molecular weight is 602 g/mol. The van der Waals surface area contributed by atoms with Crippen molar-refractivity contribution in [1.29, 1.82) is 0 Å². The lowest BCUT2D eigenvalue weighted by Crippen LogP contribution is -2.61. The number of halogens is 3. The van der Waals surface area contributed by atoms with E-state index in [9.17, 15) is 17.6 Å². The van der Waals surface area contributed by atoms with Gasteiger partial charge in [0, 0.05) is 16.7 Å². The Morgan fingerprint density at radius 3 is 2.51 bits per heavy atom. The van der Waals surface area contributed by atoms with Crippen molar-refractivity contribution in [1.82, 2.24) is 9.62 Å². The maximum Gasteiger partial charge on any atom is 0.265 e. The molecule has 2 aliphatic heterocycles. The second kappa shape index (κ2) is 11.9. The Balaban J connectivity index is 1.47. The molecule has 1 saturated carbocycles. The average Bonchev–Trinajstić information content (AvgIpc) is 2.87. The summed E-state index contributed by atoms with van der Waals surface area (Å²) in [4.78, 5) is 15.3. The largest absolute Gasteiger partial charge is 0.378 e. The van der Waals surface area contributed by atoms with E-state index in [1.54, 1.807) is 19.1 Å². The molecule has 39 heavy (non-hydrogen) atoms. The van der Waals surface area contributed by atoms with E-state index in [1.165, 1.54) is 23.9 Å². The summed E-state index contributed by atoms with van der Waals surface area (Å²) in [5.41, 5.74) is -1.29. The van der Waals surface area contributed by atoms with Crippen LogP contribution >= 0.6 is 23.4 Å². The minimum absolute atomic E-state index is 0.0259. The fourth-order valence-electron chi connectivity index (χ4n) is 4.96. The molecule has 2 saturated heterocycles. The van der Waals surface area contributed by atoms with Gasteiger partial charge in [-0.25, -0.2) is 21.9 Å². The van der Waals surface area contributed by atoms with E-state index >= 15 is 4.39 Å². The Bertz CT molecular complexity index is 1280. The highest BCUT2D eigenvalue weighted by Crippen LogP contribution is 2.49. The first-order valence-electron chi connectivity index (χ1n) is 12.8. The van der Waals surface area contributed by atoms with Crippen LogP contribution in [0.15, 0.2) is 46.2 Å². The van der Waals surface area contributed by atoms with Crippen LogP contribution in [0.1, 0.15) is 33.1 Å². The highest BCUT2D eigenvalue weighted by molar-refractivity contribution is 7.99. The standard InChI is InChI=1S/C27H34ClF2N3O4S2/c1-16-17-11-24(16)37-27(2,14-17)26(34)32-39(35,36)21-12-22(28)25(23(30)13-21)31-19(9-10-33(3)4)15-38-20-7-5-18(29)6-8-20/h5-8,12-13,16-17,19,24,31H,9-11,14-15H2,1-4H3,(H,32,34)/t16-,17+,19-,24?,27+/m1/s1. The zero-order chi connectivity index (χ0) is 28.5. The van der Waals surface area contributed by atoms with Crippen molar-refractivity contribution in [2.24, 2.45) is 11.8 Å². The van der Waals surface area contributed by atoms with Crippen molar-refractivity contribution in [3.05, 3.63) is 53.1 Å². The van der Waals surface area contributed by atoms with Gasteiger partial charge in [0.2, 0.25) is 0 Å². The van der Waals surface area contributed by atoms with Crippen LogP contribution in [0.4, 0.5) is 14.5 Å². The van der Waals surface area contributed by atoms with E-state index in [-0.39, 0.29) is 28.7 Å². The number of carbonyl (C=O) groups is 1. The predicted molar refractivity (Wildman–Crippen MR) is 150 cm³/mol. The van der Waals surface area contributed by atoms with Crippen molar-refractivity contribution >= 4 is 45.0 Å². The summed E-state index contributed by atoms with van der Waals surface area (Å²) in [5.74, 6) is -0.776. The molecule has 0 radical (unpaired) electrons. The minimum Gasteiger partial charge on any atom is -0.378 e. The Labute approximate surface area is 238 Å². The lowest BCUT2D eigenvalue weighted by molar-refractivity contribution is -0.222. The maximum absolute atomic E-state index is 15.3. The summed E-state index contributed by atoms with van der Waals surface area (Å²) in [7, 11) is -0.548. The third kappa shape index (κ3) is 7.05. The third-order valence-electron chi connectivity index (χ3n) is 7.50. The topological polar surface area (TPSA) is 87.7 Å². The van der Waals surface area contributed by atoms with Gasteiger partial charge in [-0.1, -0.05) is 18.5 Å². The van der Waals surface area contributed by atoms with E-state index in [4.69, 9.17) is 16.3 Å². The second-order valence-electron chi connectivity index (χ2n) is 10.8. The van der Waals surface area contributed by atoms with Crippen LogP contribution in [0.3, 0.4) is 0 Å². The van der Waals surface area contributed by atoms with E-state index in [0.29, 0.717) is 37.0 Å². The van der Waals surface area contributed by atoms with Gasteiger partial charge in [0.25, 0.3) is 15.9 Å². The van der Waals surface area contributed by atoms with Gasteiger partial charge >= 0.3 is 0 Å². The van der Waals surface area contributed by atoms with E-state index in [2.05, 4.69) is 17.0 Å². The molecule has 2 heterocycles. The zero-order valence-corrected chi connectivity index (χ0v) is 24.7. The molecule has 214 valence electrons. The van der Waals surface area contributed by atoms with E-state index in [0.717, 1.165) is 23.4 Å². The van der Waals surface area contributed by atoms with Crippen molar-refractivity contribution in [3.63, 3.8) is 0 Å². The van der Waals surface area contributed by atoms with Crippen LogP contribution in [0.2, 0.25) is 5.02 Å². The van der Waals surface area contributed by atoms with Crippen LogP contribution in [0.5, 0.6) is 0 Å². The molecule has 1 aliphatic carbocycles. The number of nitrogens with zero attached hydrogens (tertiary/aromatic N) is 1. The van der Waals surface area contributed by atoms with Gasteiger partial charge < -0.3 is 15.0 Å². The van der Waals surface area contributed by atoms with Crippen molar-refractivity contribution in [2.45, 2.75) is 60.6 Å². The summed E-state index contributed by atoms with van der Waals surface area (Å²) in [6, 6.07) is 7.85. The first kappa shape index (κ1) is 30.0. The molecule has 1 unspecified atom stereocenters. The summed E-state index contributed by atoms with van der Waals surface area (Å²) in [6.07, 6.45) is 1.87. The number of thioether (sulfide) groups is 1. The minimum atomic E-state index is -4.40. The molecule has 0 aromatic heterocycles. The Morgan fingerprint density at radius 2 is 1.95 bits per heavy atom. The van der Waals surface area contributed by atoms with Crippen LogP contribution in [-0.2, 0) is 19.6 Å². The molecular formula is C27H34ClF2N3O4S2. The number of benzene rings is 2. The Kier molecular flexibility index (Phi) is 9.17. The normalized spacial score (nSPS) is 25.2. The van der Waals surface area contributed by atoms with Crippen LogP contribution in [0.25, 0.3) is 0 Å². The highest BCUT2D eigenvalue weighted by atomic mass is 35.5. The second-order valence-corrected chi connectivity index (χ2v) is 14.0. The SMILES string of the molecule is C[C@H]1C2C[C@H]1C[C@@](C)(C(=O)NS(=O)(=O)c1cc(F)c(N[C@H](CCN(C)C)CSc3ccc(F)cc3)c(Cl)c1)O2. The zero-order valence-electron chi connectivity index (χ0n) is 22.3. The fraction of sp³-hybridized carbons (Fsp3) is 0.519. The quantitative estimate of drug-likeness (QED) is 0.344. The van der Waals surface area contributed by atoms with Gasteiger partial charge in [-0.15, -0.1) is 11.8 Å². The molecule has 2 N–H and O–H groups in total. The number of ether oxygens (including phenoxy) is 1. The first-order valence-corrected chi connectivity index (χ1v) is 15.7. The van der Waals surface area contributed by atoms with Gasteiger partial charge in [-0.3, -0.25) is 4.79 Å². The number of fused-ring (bicyclic) bond motifs is 2. The molecule has 5 rings (SSSR count). The Hall–Kier alpha value is -1.92. The fourth-order valence-corrected chi connectivity index (χ4v) is 7.37. The number of sulfonamides is 1. The van der Waals surface area contributed by atoms with E-state index < -0.39 is 32.2 Å². The van der Waals surface area contributed by atoms with Crippen LogP contribution in [-0.4, -0.2) is 63.4 Å². The number of amides is 1. The number of anilines is 1. The molecule has 1 amide bonds. The number of hydrogen-bond donors (Lipinski definition) is 2. The van der Waals surface area contributed by atoms with Crippen molar-refractivity contribution < 1.29 is 26.7 Å². The van der Waals surface area contributed by atoms with Gasteiger partial charge in [0.05, 0.1) is 21.7 Å². The monoisotopic (exact) mass is 601 g/mol. The molecule has 12 heteroatoms. The summed E-state index contributed by atoms with van der Waals surface area (Å²) in [5, 5.41) is 2.99. The van der Waals surface area contributed by atoms with Gasteiger partial charge in [-0.2, -0.15) is 0 Å². The van der Waals surface area contributed by atoms with Gasteiger partial charge in [0.1, 0.15) is 17.2 Å². The van der Waals surface area contributed by atoms with Crippen LogP contribution < -0.4 is 10.0 Å². The number of rotatable bonds is 11. The molecular weight excluding hydrogens is 568 g/mol. The molecule has 2 bridgehead atoms. The molecule has 3 fully saturated rings. The molecule has 5 atom stereocenters. The van der Waals surface area contributed by atoms with E-state index in [1.807, 2.05) is 19.0 Å². The first-order chi connectivity index (χ1) is 18.3. The molecule has 7 nitrogen and oxygen atoms in total. The van der Waals surface area contributed by atoms with Crippen LogP contribution in [0, 0.1) is 23.5 Å².